The molecule has 1 unspecified atom stereocenters. The number of amides is 2. The Balaban J connectivity index is 4.60. The monoisotopic (exact) mass is 448 g/mol. The van der Waals surface area contributed by atoms with Gasteiger partial charge in [-0.25, -0.2) is 0 Å². The van der Waals surface area contributed by atoms with Crippen LogP contribution in [-0.2, 0) is 19.7 Å². The Hall–Kier alpha value is -1.45. The minimum absolute atomic E-state index is 0.0743. The summed E-state index contributed by atoms with van der Waals surface area (Å²) in [5, 5.41) is 5.81. The summed E-state index contributed by atoms with van der Waals surface area (Å²) < 4.78 is 31.1. The van der Waals surface area contributed by atoms with Gasteiger partial charge in [-0.2, -0.15) is 8.42 Å². The average molecular weight is 449 g/mol. The van der Waals surface area contributed by atoms with E-state index in [1.165, 1.54) is 0 Å². The van der Waals surface area contributed by atoms with E-state index in [9.17, 15) is 18.0 Å². The van der Waals surface area contributed by atoms with E-state index in [2.05, 4.69) is 17.2 Å². The molecule has 0 saturated heterocycles. The van der Waals surface area contributed by atoms with Crippen LogP contribution in [-0.4, -0.2) is 75.3 Å². The minimum Gasteiger partial charge on any atom is -0.355 e. The molecule has 176 valence electrons. The molecule has 0 spiro atoms. The Morgan fingerprint density at radius 3 is 2.13 bits per heavy atom. The van der Waals surface area contributed by atoms with Gasteiger partial charge in [-0.05, 0) is 12.8 Å². The van der Waals surface area contributed by atoms with Gasteiger partial charge in [0.25, 0.3) is 10.1 Å². The van der Waals surface area contributed by atoms with Crippen molar-refractivity contribution in [3.63, 3.8) is 0 Å². The molecule has 0 saturated carbocycles. The largest absolute Gasteiger partial charge is 0.355 e. The maximum atomic E-state index is 12.7. The van der Waals surface area contributed by atoms with Crippen molar-refractivity contribution in [3.8, 4) is 0 Å². The topological polar surface area (TPSA) is 113 Å². The van der Waals surface area contributed by atoms with Gasteiger partial charge in [0, 0.05) is 36.8 Å². The lowest BCUT2D eigenvalue weighted by Crippen LogP contribution is -2.47. The Labute approximate surface area is 182 Å². The second-order valence-electron chi connectivity index (χ2n) is 9.61. The number of carbonyl (C=O) groups is 2. The van der Waals surface area contributed by atoms with Crippen LogP contribution < -0.4 is 10.6 Å². The highest BCUT2D eigenvalue weighted by Crippen LogP contribution is 2.37. The number of nitrogens with one attached hydrogen (secondary N) is 2. The normalized spacial score (nSPS) is 14.6. The maximum Gasteiger partial charge on any atom is 0.265 e. The van der Waals surface area contributed by atoms with Crippen LogP contribution in [0, 0.1) is 10.8 Å². The lowest BCUT2D eigenvalue weighted by molar-refractivity contribution is -0.890. The van der Waals surface area contributed by atoms with Gasteiger partial charge in [-0.1, -0.05) is 33.8 Å². The van der Waals surface area contributed by atoms with Crippen molar-refractivity contribution in [2.24, 2.45) is 10.8 Å². The molecule has 0 heterocycles. The second-order valence-corrected chi connectivity index (χ2v) is 11.2. The summed E-state index contributed by atoms with van der Waals surface area (Å²) in [5.41, 5.74) is -1.34. The Morgan fingerprint density at radius 1 is 1.07 bits per heavy atom. The Bertz CT molecular complexity index is 689. The summed E-state index contributed by atoms with van der Waals surface area (Å²) >= 11 is 0. The van der Waals surface area contributed by atoms with Gasteiger partial charge in [0.2, 0.25) is 11.8 Å². The molecule has 0 aromatic heterocycles. The van der Waals surface area contributed by atoms with Gasteiger partial charge >= 0.3 is 0 Å². The fourth-order valence-corrected chi connectivity index (χ4v) is 4.03. The highest BCUT2D eigenvalue weighted by atomic mass is 32.2. The van der Waals surface area contributed by atoms with Crippen molar-refractivity contribution in [1.82, 2.24) is 10.6 Å². The number of rotatable bonds is 15. The van der Waals surface area contributed by atoms with E-state index in [0.29, 0.717) is 43.4 Å². The first kappa shape index (κ1) is 28.5. The molecule has 1 atom stereocenters. The fourth-order valence-electron chi connectivity index (χ4n) is 3.53. The standard InChI is InChI=1S/C21H41N3O5S/c1-8-12-22-19(26)21(5,9-2)17-20(3,4)18(25)23-13-10-14-24(6,7)15-11-16-30(27,28)29/h8H,1,9-17H2,2-7H3,(H2-,22,23,25,26,27,28,29)/p+1. The molecule has 0 aliphatic carbocycles. The molecule has 0 aliphatic rings. The SMILES string of the molecule is C=CCNC(=O)C(C)(CC)CC(C)(C)C(=O)NCCC[N+](C)(C)CCCS(=O)(=O)O. The molecule has 0 rings (SSSR count). The van der Waals surface area contributed by atoms with Crippen LogP contribution in [0.25, 0.3) is 0 Å². The van der Waals surface area contributed by atoms with Crippen molar-refractivity contribution in [3.05, 3.63) is 12.7 Å². The van der Waals surface area contributed by atoms with E-state index in [4.69, 9.17) is 4.55 Å². The van der Waals surface area contributed by atoms with Crippen LogP contribution in [0.15, 0.2) is 12.7 Å². The van der Waals surface area contributed by atoms with Gasteiger partial charge in [-0.3, -0.25) is 14.1 Å². The zero-order valence-electron chi connectivity index (χ0n) is 19.6. The average Bonchev–Trinajstić information content (AvgIpc) is 2.61. The van der Waals surface area contributed by atoms with E-state index in [0.717, 1.165) is 13.0 Å². The third-order valence-corrected chi connectivity index (χ3v) is 6.38. The fraction of sp³-hybridized carbons (Fsp3) is 0.810. The Kier molecular flexibility index (Phi) is 11.2. The molecule has 0 aromatic carbocycles. The number of nitrogens with zero attached hydrogens (tertiary/aromatic N) is 1. The summed E-state index contributed by atoms with van der Waals surface area (Å²) in [6, 6.07) is 0. The van der Waals surface area contributed by atoms with Gasteiger partial charge in [-0.15, -0.1) is 6.58 Å². The van der Waals surface area contributed by atoms with E-state index in [1.807, 2.05) is 41.8 Å². The summed E-state index contributed by atoms with van der Waals surface area (Å²) in [6.45, 7) is 13.4. The van der Waals surface area contributed by atoms with Crippen molar-refractivity contribution < 1.29 is 27.0 Å². The van der Waals surface area contributed by atoms with Crippen LogP contribution in [0.1, 0.15) is 53.4 Å². The van der Waals surface area contributed by atoms with E-state index < -0.39 is 20.9 Å². The van der Waals surface area contributed by atoms with Gasteiger partial charge in [0.05, 0.1) is 32.9 Å². The van der Waals surface area contributed by atoms with Crippen LogP contribution in [0.5, 0.6) is 0 Å². The molecule has 30 heavy (non-hydrogen) atoms. The summed E-state index contributed by atoms with van der Waals surface area (Å²) in [4.78, 5) is 25.3. The first-order valence-electron chi connectivity index (χ1n) is 10.5. The third kappa shape index (κ3) is 11.1. The molecule has 2 amide bonds. The Morgan fingerprint density at radius 2 is 1.63 bits per heavy atom. The lowest BCUT2D eigenvalue weighted by atomic mass is 9.71. The molecule has 0 radical (unpaired) electrons. The van der Waals surface area contributed by atoms with Crippen molar-refractivity contribution in [2.75, 3.05) is 46.0 Å². The quantitative estimate of drug-likeness (QED) is 0.153. The van der Waals surface area contributed by atoms with Crippen molar-refractivity contribution >= 4 is 21.9 Å². The van der Waals surface area contributed by atoms with E-state index >= 15 is 0 Å². The molecule has 0 bridgehead atoms. The smallest absolute Gasteiger partial charge is 0.265 e. The highest BCUT2D eigenvalue weighted by Gasteiger charge is 2.40. The minimum atomic E-state index is -3.93. The van der Waals surface area contributed by atoms with E-state index in [1.54, 1.807) is 6.08 Å². The van der Waals surface area contributed by atoms with Crippen molar-refractivity contribution in [2.45, 2.75) is 53.4 Å². The molecule has 0 aromatic rings. The lowest BCUT2D eigenvalue weighted by Gasteiger charge is -2.35. The van der Waals surface area contributed by atoms with Crippen LogP contribution in [0.2, 0.25) is 0 Å². The third-order valence-electron chi connectivity index (χ3n) is 5.57. The number of quaternary nitrogens is 1. The number of carbonyl (C=O) groups excluding carboxylic acids is 2. The summed E-state index contributed by atoms with van der Waals surface area (Å²) in [7, 11) is 0.0522. The van der Waals surface area contributed by atoms with E-state index in [-0.39, 0.29) is 17.6 Å². The first-order chi connectivity index (χ1) is 13.6. The van der Waals surface area contributed by atoms with Crippen LogP contribution in [0.4, 0.5) is 0 Å². The van der Waals surface area contributed by atoms with Gasteiger partial charge < -0.3 is 15.1 Å². The first-order valence-corrected chi connectivity index (χ1v) is 12.1. The van der Waals surface area contributed by atoms with Crippen LogP contribution >= 0.6 is 0 Å². The zero-order chi connectivity index (χ0) is 23.6. The predicted molar refractivity (Wildman–Crippen MR) is 121 cm³/mol. The molecule has 8 nitrogen and oxygen atoms in total. The molecule has 3 N–H and O–H groups in total. The summed E-state index contributed by atoms with van der Waals surface area (Å²) in [6.07, 6.45) is 3.82. The molecular weight excluding hydrogens is 406 g/mol. The van der Waals surface area contributed by atoms with Gasteiger partial charge in [0.15, 0.2) is 0 Å². The van der Waals surface area contributed by atoms with Crippen LogP contribution in [0.3, 0.4) is 0 Å². The maximum absolute atomic E-state index is 12.7. The van der Waals surface area contributed by atoms with Gasteiger partial charge in [0.1, 0.15) is 0 Å². The number of hydrogen-bond acceptors (Lipinski definition) is 4. The highest BCUT2D eigenvalue weighted by molar-refractivity contribution is 7.85. The molecule has 0 fully saturated rings. The van der Waals surface area contributed by atoms with Crippen molar-refractivity contribution in [1.29, 1.82) is 0 Å². The molecule has 9 heteroatoms. The summed E-state index contributed by atoms with van der Waals surface area (Å²) in [5.74, 6) is -0.402. The molecular formula is C21H42N3O5S+. The predicted octanol–water partition coefficient (Wildman–Crippen LogP) is 1.98. The number of hydrogen-bond donors (Lipinski definition) is 3. The second kappa shape index (κ2) is 11.8. The zero-order valence-corrected chi connectivity index (χ0v) is 20.4. The molecule has 0 aliphatic heterocycles.